The third kappa shape index (κ3) is 4.75. The summed E-state index contributed by atoms with van der Waals surface area (Å²) in [5, 5.41) is 0. The summed E-state index contributed by atoms with van der Waals surface area (Å²) in [7, 11) is 0. The van der Waals surface area contributed by atoms with Crippen LogP contribution in [0.1, 0.15) is 103 Å². The number of allylic oxidation sites excluding steroid dienone is 4. The van der Waals surface area contributed by atoms with E-state index in [0.717, 1.165) is 6.42 Å². The summed E-state index contributed by atoms with van der Waals surface area (Å²) in [6, 6.07) is 26.4. The molecule has 0 saturated carbocycles. The lowest BCUT2D eigenvalue weighted by Crippen LogP contribution is -2.38. The molecule has 0 aliphatic heterocycles. The van der Waals surface area contributed by atoms with E-state index < -0.39 is 0 Å². The van der Waals surface area contributed by atoms with Gasteiger partial charge in [-0.05, 0) is 106 Å². The molecule has 0 spiro atoms. The molecule has 0 fully saturated rings. The topological polar surface area (TPSA) is 0 Å². The summed E-state index contributed by atoms with van der Waals surface area (Å²) in [6.07, 6.45) is 10.3. The van der Waals surface area contributed by atoms with E-state index in [1.54, 1.807) is 0 Å². The molecule has 2 aliphatic rings. The fraction of sp³-hybridized carbons (Fsp3) is 0.349. The monoisotopic (exact) mass is 564 g/mol. The second kappa shape index (κ2) is 10.2. The van der Waals surface area contributed by atoms with Crippen molar-refractivity contribution in [3.05, 3.63) is 152 Å². The van der Waals surface area contributed by atoms with Gasteiger partial charge in [0, 0.05) is 5.92 Å². The zero-order chi connectivity index (χ0) is 30.9. The van der Waals surface area contributed by atoms with Crippen molar-refractivity contribution in [1.82, 2.24) is 0 Å². The largest absolute Gasteiger partial charge is 0.0761 e. The molecule has 0 amide bonds. The minimum absolute atomic E-state index is 0.00180. The maximum absolute atomic E-state index is 2.55. The van der Waals surface area contributed by atoms with E-state index in [9.17, 15) is 0 Å². The van der Waals surface area contributed by atoms with Crippen LogP contribution in [0.2, 0.25) is 0 Å². The number of hydrogen-bond donors (Lipinski definition) is 0. The number of aryl methyl sites for hydroxylation is 3. The van der Waals surface area contributed by atoms with Gasteiger partial charge in [-0.25, -0.2) is 0 Å². The Labute approximate surface area is 260 Å². The van der Waals surface area contributed by atoms with Crippen LogP contribution in [0.3, 0.4) is 0 Å². The Balaban J connectivity index is 1.80. The number of fused-ring (bicyclic) bond motifs is 3. The first-order chi connectivity index (χ1) is 20.2. The van der Waals surface area contributed by atoms with Crippen LogP contribution < -0.4 is 0 Å². The Kier molecular flexibility index (Phi) is 7.00. The lowest BCUT2D eigenvalue weighted by Gasteiger charge is -2.43. The Morgan fingerprint density at radius 2 is 1.07 bits per heavy atom. The molecule has 0 nitrogen and oxygen atoms in total. The molecule has 0 heterocycles. The van der Waals surface area contributed by atoms with Crippen molar-refractivity contribution in [2.45, 2.75) is 91.9 Å². The maximum Gasteiger partial charge on any atom is 0.0554 e. The SMILES string of the molecule is Cc1ccc(C(c2ccc(C)cc2)(c2c(C)c(C(C)(C)C)cc3c2Cc2cc(C)c(C(C)(C)C)cc2-3)C2C=CC=C2)cc1. The van der Waals surface area contributed by atoms with Gasteiger partial charge in [0.05, 0.1) is 5.41 Å². The van der Waals surface area contributed by atoms with Gasteiger partial charge in [0.15, 0.2) is 0 Å². The third-order valence-corrected chi connectivity index (χ3v) is 10.1. The summed E-state index contributed by atoms with van der Waals surface area (Å²) in [5.41, 5.74) is 18.1. The summed E-state index contributed by atoms with van der Waals surface area (Å²) in [5.74, 6) is 0.200. The Morgan fingerprint density at radius 3 is 1.56 bits per heavy atom. The van der Waals surface area contributed by atoms with Crippen molar-refractivity contribution in [3.8, 4) is 11.1 Å². The van der Waals surface area contributed by atoms with Crippen molar-refractivity contribution < 1.29 is 0 Å². The van der Waals surface area contributed by atoms with Crippen LogP contribution in [-0.2, 0) is 22.7 Å². The van der Waals surface area contributed by atoms with E-state index in [2.05, 4.69) is 160 Å². The fourth-order valence-corrected chi connectivity index (χ4v) is 8.10. The fourth-order valence-electron chi connectivity index (χ4n) is 8.10. The molecule has 0 atom stereocenters. The van der Waals surface area contributed by atoms with Crippen molar-refractivity contribution >= 4 is 0 Å². The minimum Gasteiger partial charge on any atom is -0.0761 e. The van der Waals surface area contributed by atoms with Gasteiger partial charge < -0.3 is 0 Å². The first-order valence-corrected chi connectivity index (χ1v) is 16.0. The molecule has 6 rings (SSSR count). The Bertz CT molecular complexity index is 1700. The van der Waals surface area contributed by atoms with Gasteiger partial charge in [-0.1, -0.05) is 144 Å². The molecule has 0 unspecified atom stereocenters. The van der Waals surface area contributed by atoms with Crippen molar-refractivity contribution in [1.29, 1.82) is 0 Å². The van der Waals surface area contributed by atoms with Crippen molar-refractivity contribution in [3.63, 3.8) is 0 Å². The van der Waals surface area contributed by atoms with Gasteiger partial charge >= 0.3 is 0 Å². The van der Waals surface area contributed by atoms with E-state index >= 15 is 0 Å². The number of hydrogen-bond acceptors (Lipinski definition) is 0. The third-order valence-electron chi connectivity index (χ3n) is 10.1. The second-order valence-corrected chi connectivity index (χ2v) is 15.3. The van der Waals surface area contributed by atoms with Crippen molar-refractivity contribution in [2.24, 2.45) is 5.92 Å². The van der Waals surface area contributed by atoms with Crippen LogP contribution >= 0.6 is 0 Å². The average molecular weight is 565 g/mol. The minimum atomic E-state index is -0.371. The second-order valence-electron chi connectivity index (χ2n) is 15.3. The van der Waals surface area contributed by atoms with Crippen molar-refractivity contribution in [2.75, 3.05) is 0 Å². The molecule has 0 radical (unpaired) electrons. The summed E-state index contributed by atoms with van der Waals surface area (Å²) in [4.78, 5) is 0. The van der Waals surface area contributed by atoms with E-state index in [-0.39, 0.29) is 22.2 Å². The molecule has 220 valence electrons. The predicted octanol–water partition coefficient (Wildman–Crippen LogP) is 11.2. The Hall–Kier alpha value is -3.64. The summed E-state index contributed by atoms with van der Waals surface area (Å²) in [6.45, 7) is 23.3. The van der Waals surface area contributed by atoms with Crippen LogP contribution in [0.4, 0.5) is 0 Å². The smallest absolute Gasteiger partial charge is 0.0554 e. The van der Waals surface area contributed by atoms with Gasteiger partial charge in [0.25, 0.3) is 0 Å². The van der Waals surface area contributed by atoms with Crippen LogP contribution in [-0.4, -0.2) is 0 Å². The van der Waals surface area contributed by atoms with Gasteiger partial charge in [-0.15, -0.1) is 0 Å². The molecule has 4 aromatic carbocycles. The zero-order valence-corrected chi connectivity index (χ0v) is 27.9. The van der Waals surface area contributed by atoms with Crippen LogP contribution in [0.5, 0.6) is 0 Å². The lowest BCUT2D eigenvalue weighted by atomic mass is 9.58. The van der Waals surface area contributed by atoms with E-state index in [1.165, 1.54) is 72.3 Å². The lowest BCUT2D eigenvalue weighted by molar-refractivity contribution is 0.515. The summed E-state index contributed by atoms with van der Waals surface area (Å²) >= 11 is 0. The predicted molar refractivity (Wildman–Crippen MR) is 186 cm³/mol. The highest BCUT2D eigenvalue weighted by Gasteiger charge is 2.47. The molecular weight excluding hydrogens is 516 g/mol. The average Bonchev–Trinajstić information content (AvgIpc) is 3.58. The molecular formula is C43H48. The molecule has 0 heteroatoms. The van der Waals surface area contributed by atoms with Gasteiger partial charge in [0.2, 0.25) is 0 Å². The van der Waals surface area contributed by atoms with E-state index in [4.69, 9.17) is 0 Å². The zero-order valence-electron chi connectivity index (χ0n) is 27.9. The normalized spacial score (nSPS) is 14.8. The molecule has 0 saturated heterocycles. The molecule has 0 bridgehead atoms. The van der Waals surface area contributed by atoms with Crippen LogP contribution in [0, 0.1) is 33.6 Å². The van der Waals surface area contributed by atoms with Gasteiger partial charge in [-0.3, -0.25) is 0 Å². The first-order valence-electron chi connectivity index (χ1n) is 16.0. The highest BCUT2D eigenvalue weighted by molar-refractivity contribution is 5.83. The highest BCUT2D eigenvalue weighted by atomic mass is 14.5. The number of rotatable bonds is 4. The standard InChI is InChI=1S/C43H48/c1-27-15-19-33(20-16-27)43(32-13-11-12-14-32,34-21-17-28(2)18-22-34)40-30(4)39(42(8,9)10)26-36-35-25-38(41(5,6)7)29(3)23-31(35)24-37(36)40/h11-23,25-26,32H,24H2,1-10H3. The highest BCUT2D eigenvalue weighted by Crippen LogP contribution is 2.55. The number of benzene rings is 4. The van der Waals surface area contributed by atoms with E-state index in [0.29, 0.717) is 0 Å². The molecule has 2 aliphatic carbocycles. The molecule has 43 heavy (non-hydrogen) atoms. The van der Waals surface area contributed by atoms with Gasteiger partial charge in [-0.2, -0.15) is 0 Å². The quantitative estimate of drug-likeness (QED) is 0.190. The maximum atomic E-state index is 2.55. The van der Waals surface area contributed by atoms with Gasteiger partial charge in [0.1, 0.15) is 0 Å². The summed E-state index contributed by atoms with van der Waals surface area (Å²) < 4.78 is 0. The van der Waals surface area contributed by atoms with Crippen LogP contribution in [0.15, 0.2) is 91.0 Å². The molecule has 0 N–H and O–H groups in total. The molecule has 0 aromatic heterocycles. The Morgan fingerprint density at radius 1 is 0.581 bits per heavy atom. The first kappa shape index (κ1) is 29.4. The van der Waals surface area contributed by atoms with Crippen LogP contribution in [0.25, 0.3) is 11.1 Å². The molecule has 4 aromatic rings. The van der Waals surface area contributed by atoms with E-state index in [1.807, 2.05) is 0 Å².